The maximum atomic E-state index is 13.5. The topological polar surface area (TPSA) is 314 Å². The van der Waals surface area contributed by atoms with Crippen LogP contribution in [0.15, 0.2) is 4.99 Å². The SMILES string of the molecule is CC(C)C[C@H](NC(=O)[C@H](CC(C)C)NC(=O)[C@@H](NC(=O)[C@H](C)NC(=O)[C@@H](N)[C@@H](C)O)[C@@H](C)O)C(=O)N[C@@H](CCCN=C(N)N)C(=O)O. The van der Waals surface area contributed by atoms with Gasteiger partial charge in [-0.3, -0.25) is 29.0 Å². The first-order valence-electron chi connectivity index (χ1n) is 15.6. The smallest absolute Gasteiger partial charge is 0.326 e. The number of nitrogens with one attached hydrogen (secondary N) is 5. The average molecular weight is 674 g/mol. The van der Waals surface area contributed by atoms with Crippen LogP contribution in [0.2, 0.25) is 0 Å². The lowest BCUT2D eigenvalue weighted by molar-refractivity contribution is -0.142. The molecule has 8 atom stereocenters. The van der Waals surface area contributed by atoms with Crippen molar-refractivity contribution < 1.29 is 44.1 Å². The highest BCUT2D eigenvalue weighted by molar-refractivity contribution is 5.96. The molecular weight excluding hydrogens is 618 g/mol. The van der Waals surface area contributed by atoms with Gasteiger partial charge in [0, 0.05) is 6.54 Å². The molecule has 0 saturated carbocycles. The molecule has 18 nitrogen and oxygen atoms in total. The largest absolute Gasteiger partial charge is 0.480 e. The van der Waals surface area contributed by atoms with Crippen molar-refractivity contribution in [3.8, 4) is 0 Å². The molecule has 0 radical (unpaired) electrons. The van der Waals surface area contributed by atoms with Crippen LogP contribution < -0.4 is 43.8 Å². The van der Waals surface area contributed by atoms with Crippen molar-refractivity contribution in [2.45, 2.75) is 123 Å². The van der Waals surface area contributed by atoms with Gasteiger partial charge in [0.15, 0.2) is 5.96 Å². The summed E-state index contributed by atoms with van der Waals surface area (Å²) >= 11 is 0. The molecule has 18 heteroatoms. The monoisotopic (exact) mass is 673 g/mol. The van der Waals surface area contributed by atoms with Gasteiger partial charge >= 0.3 is 5.97 Å². The van der Waals surface area contributed by atoms with Gasteiger partial charge in [0.1, 0.15) is 36.3 Å². The Bertz CT molecular complexity index is 1100. The number of nitrogens with two attached hydrogens (primary N) is 3. The predicted octanol–water partition coefficient (Wildman–Crippen LogP) is -3.25. The number of hydrogen-bond acceptors (Lipinski definition) is 10. The summed E-state index contributed by atoms with van der Waals surface area (Å²) in [5.74, 6) is -5.70. The second kappa shape index (κ2) is 21.0. The molecule has 0 spiro atoms. The van der Waals surface area contributed by atoms with Crippen molar-refractivity contribution in [1.82, 2.24) is 26.6 Å². The molecule has 0 heterocycles. The molecule has 0 fully saturated rings. The van der Waals surface area contributed by atoms with Gasteiger partial charge in [-0.2, -0.15) is 0 Å². The van der Waals surface area contributed by atoms with Gasteiger partial charge in [0.2, 0.25) is 29.5 Å². The molecule has 0 rings (SSSR count). The summed E-state index contributed by atoms with van der Waals surface area (Å²) in [5, 5.41) is 41.7. The van der Waals surface area contributed by atoms with E-state index in [0.717, 1.165) is 0 Å². The molecule has 0 aromatic rings. The second-order valence-corrected chi connectivity index (χ2v) is 12.5. The zero-order chi connectivity index (χ0) is 36.6. The fourth-order valence-electron chi connectivity index (χ4n) is 4.25. The maximum absolute atomic E-state index is 13.5. The van der Waals surface area contributed by atoms with Gasteiger partial charge in [-0.1, -0.05) is 27.7 Å². The summed E-state index contributed by atoms with van der Waals surface area (Å²) in [5.41, 5.74) is 16.1. The minimum absolute atomic E-state index is 0.0222. The number of aliphatic imine (C=N–C) groups is 1. The molecule has 0 aliphatic carbocycles. The molecule has 0 aliphatic heterocycles. The molecule has 14 N–H and O–H groups in total. The van der Waals surface area contributed by atoms with Crippen LogP contribution >= 0.6 is 0 Å². The third kappa shape index (κ3) is 16.9. The van der Waals surface area contributed by atoms with Gasteiger partial charge < -0.3 is 59.1 Å². The Hall–Kier alpha value is -4.03. The Morgan fingerprint density at radius 3 is 1.51 bits per heavy atom. The normalized spacial score (nSPS) is 16.3. The van der Waals surface area contributed by atoms with Crippen molar-refractivity contribution in [2.75, 3.05) is 6.54 Å². The van der Waals surface area contributed by atoms with Crippen molar-refractivity contribution in [1.29, 1.82) is 0 Å². The first-order valence-corrected chi connectivity index (χ1v) is 15.6. The molecule has 0 aromatic carbocycles. The number of aliphatic hydroxyl groups is 2. The van der Waals surface area contributed by atoms with E-state index in [4.69, 9.17) is 17.2 Å². The van der Waals surface area contributed by atoms with Crippen LogP contribution in [0.4, 0.5) is 0 Å². The van der Waals surface area contributed by atoms with Crippen LogP contribution in [-0.4, -0.2) is 112 Å². The van der Waals surface area contributed by atoms with E-state index < -0.39 is 84.0 Å². The highest BCUT2D eigenvalue weighted by Gasteiger charge is 2.34. The van der Waals surface area contributed by atoms with E-state index in [0.29, 0.717) is 0 Å². The zero-order valence-corrected chi connectivity index (χ0v) is 28.3. The Labute approximate surface area is 275 Å². The van der Waals surface area contributed by atoms with Crippen molar-refractivity contribution >= 4 is 41.5 Å². The molecule has 47 heavy (non-hydrogen) atoms. The number of aliphatic carboxylic acids is 1. The average Bonchev–Trinajstić information content (AvgIpc) is 2.94. The van der Waals surface area contributed by atoms with Gasteiger partial charge in [0.05, 0.1) is 12.2 Å². The zero-order valence-electron chi connectivity index (χ0n) is 28.3. The number of rotatable bonds is 21. The lowest BCUT2D eigenvalue weighted by atomic mass is 9.99. The summed E-state index contributed by atoms with van der Waals surface area (Å²) in [6.07, 6.45) is -2.06. The number of carboxylic acid groups (broad SMARTS) is 1. The highest BCUT2D eigenvalue weighted by atomic mass is 16.4. The number of carbonyl (C=O) groups is 6. The minimum atomic E-state index is -1.54. The molecule has 5 amide bonds. The summed E-state index contributed by atoms with van der Waals surface area (Å²) < 4.78 is 0. The minimum Gasteiger partial charge on any atom is -0.480 e. The number of carbonyl (C=O) groups excluding carboxylic acids is 5. The quantitative estimate of drug-likeness (QED) is 0.0325. The molecule has 0 aromatic heterocycles. The van der Waals surface area contributed by atoms with Crippen molar-refractivity contribution in [3.63, 3.8) is 0 Å². The van der Waals surface area contributed by atoms with E-state index in [9.17, 15) is 44.1 Å². The van der Waals surface area contributed by atoms with Gasteiger partial charge in [0.25, 0.3) is 0 Å². The summed E-state index contributed by atoms with van der Waals surface area (Å²) in [7, 11) is 0. The van der Waals surface area contributed by atoms with Crippen molar-refractivity contribution in [3.05, 3.63) is 0 Å². The van der Waals surface area contributed by atoms with Gasteiger partial charge in [-0.05, 0) is 58.3 Å². The Kier molecular flexibility index (Phi) is 19.2. The Morgan fingerprint density at radius 1 is 0.638 bits per heavy atom. The second-order valence-electron chi connectivity index (χ2n) is 12.5. The fraction of sp³-hybridized carbons (Fsp3) is 0.759. The van der Waals surface area contributed by atoms with Gasteiger partial charge in [-0.15, -0.1) is 0 Å². The van der Waals surface area contributed by atoms with Crippen LogP contribution in [0.3, 0.4) is 0 Å². The molecule has 270 valence electrons. The lowest BCUT2D eigenvalue weighted by Gasteiger charge is -2.28. The molecule has 0 saturated heterocycles. The first kappa shape index (κ1) is 43.0. The maximum Gasteiger partial charge on any atom is 0.326 e. The molecule has 0 aliphatic rings. The van der Waals surface area contributed by atoms with E-state index >= 15 is 0 Å². The third-order valence-corrected chi connectivity index (χ3v) is 6.88. The molecular formula is C29H55N9O9. The van der Waals surface area contributed by atoms with E-state index in [1.807, 2.05) is 0 Å². The van der Waals surface area contributed by atoms with Crippen LogP contribution in [-0.2, 0) is 28.8 Å². The van der Waals surface area contributed by atoms with Crippen molar-refractivity contribution in [2.24, 2.45) is 34.0 Å². The van der Waals surface area contributed by atoms with Crippen LogP contribution in [0, 0.1) is 11.8 Å². The summed E-state index contributed by atoms with van der Waals surface area (Å²) in [6, 6.07) is -7.69. The lowest BCUT2D eigenvalue weighted by Crippen LogP contribution is -2.61. The predicted molar refractivity (Wildman–Crippen MR) is 173 cm³/mol. The number of amides is 5. The first-order chi connectivity index (χ1) is 21.7. The highest BCUT2D eigenvalue weighted by Crippen LogP contribution is 2.11. The number of aliphatic hydroxyl groups excluding tert-OH is 2. The number of nitrogens with zero attached hydrogens (tertiary/aromatic N) is 1. The molecule has 0 bridgehead atoms. The molecule has 0 unspecified atom stereocenters. The number of guanidine groups is 1. The van der Waals surface area contributed by atoms with Gasteiger partial charge in [-0.25, -0.2) is 4.79 Å². The third-order valence-electron chi connectivity index (χ3n) is 6.88. The van der Waals surface area contributed by atoms with E-state index in [1.165, 1.54) is 20.8 Å². The van der Waals surface area contributed by atoms with Crippen LogP contribution in [0.25, 0.3) is 0 Å². The van der Waals surface area contributed by atoms with Crippen LogP contribution in [0.5, 0.6) is 0 Å². The van der Waals surface area contributed by atoms with E-state index in [1.54, 1.807) is 27.7 Å². The standard InChI is InChI=1S/C29H55N9O9/c1-13(2)11-19(24(42)35-18(28(46)47)9-8-10-33-29(31)32)36-25(43)20(12-14(3)4)37-27(45)22(17(7)40)38-23(41)15(5)34-26(44)21(30)16(6)39/h13-22,39-40H,8-12,30H2,1-7H3,(H,34,44)(H,35,42)(H,36,43)(H,37,45)(H,38,41)(H,46,47)(H4,31,32,33)/t15-,16+,17+,18-,19-,20-,21-,22-/m0/s1. The van der Waals surface area contributed by atoms with Crippen LogP contribution in [0.1, 0.15) is 74.1 Å². The summed E-state index contributed by atoms with van der Waals surface area (Å²) in [6.45, 7) is 11.2. The number of carboxylic acids is 1. The Balaban J connectivity index is 5.82. The van der Waals surface area contributed by atoms with E-state index in [-0.39, 0.29) is 50.0 Å². The summed E-state index contributed by atoms with van der Waals surface area (Å²) in [4.78, 5) is 80.4. The van der Waals surface area contributed by atoms with E-state index in [2.05, 4.69) is 31.6 Å². The number of hydrogen-bond donors (Lipinski definition) is 11. The fourth-order valence-corrected chi connectivity index (χ4v) is 4.25. The Morgan fingerprint density at radius 2 is 1.11 bits per heavy atom.